The maximum absolute atomic E-state index is 12.7. The maximum atomic E-state index is 12.7. The zero-order valence-electron chi connectivity index (χ0n) is 19.0. The number of amides is 1. The lowest BCUT2D eigenvalue weighted by atomic mass is 10.0. The normalized spacial score (nSPS) is 10.6. The molecule has 0 atom stereocenters. The maximum Gasteiger partial charge on any atom is 0.266 e. The summed E-state index contributed by atoms with van der Waals surface area (Å²) >= 11 is 3.35. The first-order chi connectivity index (χ1) is 17.0. The van der Waals surface area contributed by atoms with Gasteiger partial charge in [-0.25, -0.2) is 0 Å². The molecule has 0 radical (unpaired) electrons. The molecule has 0 heterocycles. The van der Waals surface area contributed by atoms with Gasteiger partial charge in [-0.05, 0) is 60.5 Å². The number of anilines is 1. The molecule has 0 saturated heterocycles. The van der Waals surface area contributed by atoms with Crippen molar-refractivity contribution in [1.82, 2.24) is 0 Å². The molecular weight excluding hydrogens is 506 g/mol. The van der Waals surface area contributed by atoms with Crippen LogP contribution in [0.3, 0.4) is 0 Å². The summed E-state index contributed by atoms with van der Waals surface area (Å²) in [6.07, 6.45) is 3.70. The molecule has 0 aliphatic carbocycles. The number of halogens is 1. The van der Waals surface area contributed by atoms with Crippen LogP contribution in [0.4, 0.5) is 5.69 Å². The molecular formula is C28H22BrN3O3. The minimum absolute atomic E-state index is 0.0591. The highest BCUT2D eigenvalue weighted by molar-refractivity contribution is 9.10. The number of allylic oxidation sites excluding steroid dienone is 1. The van der Waals surface area contributed by atoms with E-state index in [1.54, 1.807) is 48.5 Å². The third-order valence-corrected chi connectivity index (χ3v) is 5.55. The number of hydrogen-bond acceptors (Lipinski definition) is 5. The van der Waals surface area contributed by atoms with Crippen LogP contribution in [0.2, 0.25) is 0 Å². The Balaban J connectivity index is 1.91. The second-order valence-corrected chi connectivity index (χ2v) is 8.31. The summed E-state index contributed by atoms with van der Waals surface area (Å²) in [5, 5.41) is 21.7. The van der Waals surface area contributed by atoms with Crippen LogP contribution in [0.1, 0.15) is 22.3 Å². The lowest BCUT2D eigenvalue weighted by Crippen LogP contribution is -2.13. The molecule has 3 aromatic carbocycles. The van der Waals surface area contributed by atoms with Gasteiger partial charge >= 0.3 is 0 Å². The molecule has 7 heteroatoms. The van der Waals surface area contributed by atoms with Gasteiger partial charge in [-0.2, -0.15) is 10.5 Å². The molecule has 1 N–H and O–H groups in total. The van der Waals surface area contributed by atoms with Gasteiger partial charge in [0.1, 0.15) is 18.2 Å². The number of nitriles is 2. The second kappa shape index (κ2) is 12.2. The molecule has 0 spiro atoms. The van der Waals surface area contributed by atoms with E-state index in [2.05, 4.69) is 33.9 Å². The predicted octanol–water partition coefficient (Wildman–Crippen LogP) is 6.18. The van der Waals surface area contributed by atoms with E-state index >= 15 is 0 Å². The molecule has 0 unspecified atom stereocenters. The fraction of sp³-hybridized carbons (Fsp3) is 0.107. The van der Waals surface area contributed by atoms with Gasteiger partial charge in [-0.15, -0.1) is 6.58 Å². The predicted molar refractivity (Wildman–Crippen MR) is 139 cm³/mol. The van der Waals surface area contributed by atoms with Crippen LogP contribution >= 0.6 is 15.9 Å². The molecule has 35 heavy (non-hydrogen) atoms. The van der Waals surface area contributed by atoms with Crippen molar-refractivity contribution in [3.8, 4) is 23.6 Å². The Morgan fingerprint density at radius 3 is 2.51 bits per heavy atom. The lowest BCUT2D eigenvalue weighted by Gasteiger charge is -2.16. The van der Waals surface area contributed by atoms with Gasteiger partial charge in [0, 0.05) is 21.3 Å². The molecule has 0 aliphatic heterocycles. The highest BCUT2D eigenvalue weighted by Gasteiger charge is 2.15. The SMILES string of the molecule is C=CCc1cc(/C=C(\C#N)C(=O)Nc2ccc(Br)cc2)cc(OC)c1OCc1ccccc1C#N. The number of carbonyl (C=O) groups excluding carboxylic acids is 1. The summed E-state index contributed by atoms with van der Waals surface area (Å²) in [6, 6.07) is 21.9. The van der Waals surface area contributed by atoms with E-state index < -0.39 is 5.91 Å². The van der Waals surface area contributed by atoms with Crippen molar-refractivity contribution in [2.24, 2.45) is 0 Å². The van der Waals surface area contributed by atoms with Crippen molar-refractivity contribution >= 4 is 33.6 Å². The smallest absolute Gasteiger partial charge is 0.266 e. The summed E-state index contributed by atoms with van der Waals surface area (Å²) in [7, 11) is 1.52. The number of carbonyl (C=O) groups is 1. The monoisotopic (exact) mass is 527 g/mol. The van der Waals surface area contributed by atoms with Crippen LogP contribution in [-0.2, 0) is 17.8 Å². The van der Waals surface area contributed by atoms with Gasteiger partial charge in [-0.1, -0.05) is 40.2 Å². The van der Waals surface area contributed by atoms with E-state index in [-0.39, 0.29) is 12.2 Å². The second-order valence-electron chi connectivity index (χ2n) is 7.39. The van der Waals surface area contributed by atoms with Crippen molar-refractivity contribution in [1.29, 1.82) is 10.5 Å². The Labute approximate surface area is 212 Å². The Bertz CT molecular complexity index is 1350. The third kappa shape index (κ3) is 6.60. The molecule has 0 aromatic heterocycles. The Morgan fingerprint density at radius 2 is 1.86 bits per heavy atom. The van der Waals surface area contributed by atoms with Crippen molar-refractivity contribution in [2.75, 3.05) is 12.4 Å². The Morgan fingerprint density at radius 1 is 1.11 bits per heavy atom. The largest absolute Gasteiger partial charge is 0.493 e. The van der Waals surface area contributed by atoms with Crippen LogP contribution < -0.4 is 14.8 Å². The molecule has 0 aliphatic rings. The molecule has 0 bridgehead atoms. The van der Waals surface area contributed by atoms with E-state index in [0.717, 1.165) is 15.6 Å². The van der Waals surface area contributed by atoms with Crippen molar-refractivity contribution < 1.29 is 14.3 Å². The molecule has 6 nitrogen and oxygen atoms in total. The molecule has 0 fully saturated rings. The number of ether oxygens (including phenoxy) is 2. The fourth-order valence-electron chi connectivity index (χ4n) is 3.34. The van der Waals surface area contributed by atoms with E-state index in [1.165, 1.54) is 13.2 Å². The van der Waals surface area contributed by atoms with Crippen LogP contribution in [0.5, 0.6) is 11.5 Å². The third-order valence-electron chi connectivity index (χ3n) is 5.03. The summed E-state index contributed by atoms with van der Waals surface area (Å²) in [4.78, 5) is 12.7. The summed E-state index contributed by atoms with van der Waals surface area (Å²) in [5.74, 6) is 0.429. The van der Waals surface area contributed by atoms with Gasteiger partial charge in [0.2, 0.25) is 0 Å². The quantitative estimate of drug-likeness (QED) is 0.203. The van der Waals surface area contributed by atoms with Crippen molar-refractivity contribution in [2.45, 2.75) is 13.0 Å². The first-order valence-corrected chi connectivity index (χ1v) is 11.4. The number of rotatable bonds is 9. The Hall–Kier alpha value is -4.33. The minimum Gasteiger partial charge on any atom is -0.493 e. The average molecular weight is 528 g/mol. The van der Waals surface area contributed by atoms with E-state index in [1.807, 2.05) is 24.3 Å². The average Bonchev–Trinajstić information content (AvgIpc) is 2.87. The van der Waals surface area contributed by atoms with Crippen molar-refractivity contribution in [3.05, 3.63) is 106 Å². The molecule has 174 valence electrons. The molecule has 3 aromatic rings. The van der Waals surface area contributed by atoms with Crippen LogP contribution in [0.25, 0.3) is 6.08 Å². The van der Waals surface area contributed by atoms with E-state index in [0.29, 0.717) is 34.7 Å². The number of nitrogens with zero attached hydrogens (tertiary/aromatic N) is 2. The lowest BCUT2D eigenvalue weighted by molar-refractivity contribution is -0.112. The van der Waals surface area contributed by atoms with Crippen LogP contribution in [0.15, 0.2) is 83.4 Å². The topological polar surface area (TPSA) is 95.1 Å². The highest BCUT2D eigenvalue weighted by atomic mass is 79.9. The van der Waals surface area contributed by atoms with E-state index in [9.17, 15) is 15.3 Å². The molecule has 3 rings (SSSR count). The van der Waals surface area contributed by atoms with Crippen molar-refractivity contribution in [3.63, 3.8) is 0 Å². The van der Waals surface area contributed by atoms with Gasteiger partial charge in [0.15, 0.2) is 11.5 Å². The number of hydrogen-bond donors (Lipinski definition) is 1. The minimum atomic E-state index is -0.521. The molecule has 1 amide bonds. The van der Waals surface area contributed by atoms with Gasteiger partial charge in [0.25, 0.3) is 5.91 Å². The standard InChI is InChI=1S/C28H22BrN3O3/c1-3-6-20-13-19(14-23(17-31)28(33)32-25-11-9-24(29)10-12-25)15-26(34-2)27(20)35-18-22-8-5-4-7-21(22)16-30/h3-5,7-15H,1,6,18H2,2H3,(H,32,33)/b23-14+. The van der Waals surface area contributed by atoms with Gasteiger partial charge < -0.3 is 14.8 Å². The van der Waals surface area contributed by atoms with Gasteiger partial charge in [-0.3, -0.25) is 4.79 Å². The summed E-state index contributed by atoms with van der Waals surface area (Å²) in [5.41, 5.74) is 3.17. The number of benzene rings is 3. The number of methoxy groups -OCH3 is 1. The zero-order valence-corrected chi connectivity index (χ0v) is 20.6. The number of nitrogens with one attached hydrogen (secondary N) is 1. The van der Waals surface area contributed by atoms with Crippen LogP contribution in [-0.4, -0.2) is 13.0 Å². The van der Waals surface area contributed by atoms with E-state index in [4.69, 9.17) is 9.47 Å². The van der Waals surface area contributed by atoms with Crippen LogP contribution in [0, 0.1) is 22.7 Å². The highest BCUT2D eigenvalue weighted by Crippen LogP contribution is 2.35. The van der Waals surface area contributed by atoms with Gasteiger partial charge in [0.05, 0.1) is 18.7 Å². The fourth-order valence-corrected chi connectivity index (χ4v) is 3.61. The summed E-state index contributed by atoms with van der Waals surface area (Å²) < 4.78 is 12.5. The summed E-state index contributed by atoms with van der Waals surface area (Å²) in [6.45, 7) is 3.99. The zero-order chi connectivity index (χ0) is 25.2. The Kier molecular flexibility index (Phi) is 8.83. The molecule has 0 saturated carbocycles. The first kappa shape index (κ1) is 25.3. The first-order valence-electron chi connectivity index (χ1n) is 10.6.